The number of hydrogen-bond donors (Lipinski definition) is 3. The smallest absolute Gasteiger partial charge is 0.252 e. The zero-order chi connectivity index (χ0) is 17.6. The quantitative estimate of drug-likeness (QED) is 0.768. The van der Waals surface area contributed by atoms with Crippen molar-refractivity contribution >= 4 is 16.8 Å². The lowest BCUT2D eigenvalue weighted by molar-refractivity contribution is 0.0864. The van der Waals surface area contributed by atoms with E-state index in [9.17, 15) is 14.7 Å². The molecule has 1 aliphatic heterocycles. The summed E-state index contributed by atoms with van der Waals surface area (Å²) in [7, 11) is 0. The highest BCUT2D eigenvalue weighted by Crippen LogP contribution is 2.14. The molecule has 0 aliphatic carbocycles. The molecule has 0 saturated carbocycles. The van der Waals surface area contributed by atoms with Crippen LogP contribution in [0.5, 0.6) is 0 Å². The number of benzene rings is 1. The second-order valence-corrected chi connectivity index (χ2v) is 6.67. The second kappa shape index (κ2) is 8.27. The van der Waals surface area contributed by atoms with E-state index >= 15 is 0 Å². The summed E-state index contributed by atoms with van der Waals surface area (Å²) in [6.07, 6.45) is 4.21. The summed E-state index contributed by atoms with van der Waals surface area (Å²) in [5.74, 6) is -0.336. The number of H-pyrrole nitrogens is 1. The van der Waals surface area contributed by atoms with Crippen molar-refractivity contribution in [1.82, 2.24) is 15.2 Å². The van der Waals surface area contributed by atoms with Gasteiger partial charge in [-0.15, -0.1) is 0 Å². The molecule has 0 unspecified atom stereocenters. The Balaban J connectivity index is 1.61. The van der Waals surface area contributed by atoms with Gasteiger partial charge in [0.2, 0.25) is 5.56 Å². The number of aliphatic hydroxyl groups excluding tert-OH is 1. The first-order chi connectivity index (χ1) is 12.1. The number of β-amino-alcohol motifs (C(OH)–C–C–N with tert-alkyl or cyclic N) is 1. The van der Waals surface area contributed by atoms with Crippen LogP contribution in [0.3, 0.4) is 0 Å². The summed E-state index contributed by atoms with van der Waals surface area (Å²) in [6, 6.07) is 8.50. The highest BCUT2D eigenvalue weighted by molar-refractivity contribution is 6.05. The Hall–Kier alpha value is -2.18. The van der Waals surface area contributed by atoms with Crippen LogP contribution in [0, 0.1) is 0 Å². The van der Waals surface area contributed by atoms with E-state index in [-0.39, 0.29) is 18.0 Å². The first-order valence-corrected chi connectivity index (χ1v) is 8.94. The van der Waals surface area contributed by atoms with E-state index in [1.54, 1.807) is 12.1 Å². The van der Waals surface area contributed by atoms with Gasteiger partial charge in [0.05, 0.1) is 11.7 Å². The summed E-state index contributed by atoms with van der Waals surface area (Å²) in [5, 5.41) is 13.7. The van der Waals surface area contributed by atoms with Crippen LogP contribution in [0.25, 0.3) is 10.9 Å². The molecule has 25 heavy (non-hydrogen) atoms. The van der Waals surface area contributed by atoms with Gasteiger partial charge in [0, 0.05) is 30.1 Å². The number of carbonyl (C=O) groups is 1. The molecular formula is C19H25N3O3. The Morgan fingerprint density at radius 3 is 2.68 bits per heavy atom. The first-order valence-electron chi connectivity index (χ1n) is 8.94. The lowest BCUT2D eigenvalue weighted by Crippen LogP contribution is -2.40. The Labute approximate surface area is 146 Å². The maximum atomic E-state index is 12.5. The maximum absolute atomic E-state index is 12.5. The maximum Gasteiger partial charge on any atom is 0.252 e. The van der Waals surface area contributed by atoms with Gasteiger partial charge in [0.15, 0.2) is 0 Å². The van der Waals surface area contributed by atoms with Gasteiger partial charge >= 0.3 is 0 Å². The SMILES string of the molecule is O=C(NC[C@H](O)CN1CCCCCC1)c1cc(=O)[nH]c2ccccc12. The number of para-hydroxylation sites is 1. The number of pyridine rings is 1. The molecule has 134 valence electrons. The second-order valence-electron chi connectivity index (χ2n) is 6.67. The molecule has 1 aromatic carbocycles. The molecule has 3 N–H and O–H groups in total. The number of fused-ring (bicyclic) bond motifs is 1. The van der Waals surface area contributed by atoms with Crippen LogP contribution >= 0.6 is 0 Å². The van der Waals surface area contributed by atoms with Gasteiger partial charge in [-0.25, -0.2) is 0 Å². The molecule has 6 heteroatoms. The molecule has 1 aromatic heterocycles. The average molecular weight is 343 g/mol. The topological polar surface area (TPSA) is 85.4 Å². The van der Waals surface area contributed by atoms with E-state index < -0.39 is 6.10 Å². The van der Waals surface area contributed by atoms with E-state index in [4.69, 9.17) is 0 Å². The lowest BCUT2D eigenvalue weighted by Gasteiger charge is -2.23. The van der Waals surface area contributed by atoms with Crippen molar-refractivity contribution in [2.75, 3.05) is 26.2 Å². The molecule has 6 nitrogen and oxygen atoms in total. The zero-order valence-corrected chi connectivity index (χ0v) is 14.3. The number of aliphatic hydroxyl groups is 1. The lowest BCUT2D eigenvalue weighted by atomic mass is 10.1. The van der Waals surface area contributed by atoms with Crippen LogP contribution in [-0.2, 0) is 0 Å². The molecule has 1 saturated heterocycles. The number of aromatic amines is 1. The molecule has 0 spiro atoms. The van der Waals surface area contributed by atoms with Gasteiger partial charge in [-0.05, 0) is 32.0 Å². The summed E-state index contributed by atoms with van der Waals surface area (Å²) in [6.45, 7) is 2.75. The van der Waals surface area contributed by atoms with Crippen LogP contribution in [0.2, 0.25) is 0 Å². The van der Waals surface area contributed by atoms with Crippen LogP contribution < -0.4 is 10.9 Å². The number of likely N-dealkylation sites (tertiary alicyclic amines) is 1. The van der Waals surface area contributed by atoms with Gasteiger partial charge < -0.3 is 20.3 Å². The van der Waals surface area contributed by atoms with E-state index in [1.165, 1.54) is 18.9 Å². The van der Waals surface area contributed by atoms with E-state index in [1.807, 2.05) is 12.1 Å². The summed E-state index contributed by atoms with van der Waals surface area (Å²) in [4.78, 5) is 29.2. The molecule has 3 rings (SSSR count). The predicted molar refractivity (Wildman–Crippen MR) is 97.8 cm³/mol. The third-order valence-corrected chi connectivity index (χ3v) is 4.66. The summed E-state index contributed by atoms with van der Waals surface area (Å²) in [5.41, 5.74) is 0.653. The van der Waals surface area contributed by atoms with Gasteiger partial charge in [-0.3, -0.25) is 9.59 Å². The highest BCUT2D eigenvalue weighted by atomic mass is 16.3. The molecule has 0 radical (unpaired) electrons. The molecule has 2 aromatic rings. The normalized spacial score (nSPS) is 17.2. The van der Waals surface area contributed by atoms with Gasteiger partial charge in [0.25, 0.3) is 5.91 Å². The van der Waals surface area contributed by atoms with Crippen molar-refractivity contribution in [3.8, 4) is 0 Å². The van der Waals surface area contributed by atoms with Crippen molar-refractivity contribution in [2.45, 2.75) is 31.8 Å². The Kier molecular flexibility index (Phi) is 5.83. The summed E-state index contributed by atoms with van der Waals surface area (Å²) < 4.78 is 0. The fourth-order valence-corrected chi connectivity index (χ4v) is 3.38. The van der Waals surface area contributed by atoms with E-state index in [0.29, 0.717) is 23.0 Å². The monoisotopic (exact) mass is 343 g/mol. The molecule has 0 bridgehead atoms. The first kappa shape index (κ1) is 17.6. The number of carbonyl (C=O) groups excluding carboxylic acids is 1. The van der Waals surface area contributed by atoms with Crippen molar-refractivity contribution in [2.24, 2.45) is 0 Å². The molecule has 1 aliphatic rings. The van der Waals surface area contributed by atoms with Crippen LogP contribution in [0.15, 0.2) is 35.1 Å². The fourth-order valence-electron chi connectivity index (χ4n) is 3.38. The van der Waals surface area contributed by atoms with E-state index in [0.717, 1.165) is 25.9 Å². The molecule has 1 amide bonds. The van der Waals surface area contributed by atoms with Crippen molar-refractivity contribution in [1.29, 1.82) is 0 Å². The largest absolute Gasteiger partial charge is 0.390 e. The number of aromatic nitrogens is 1. The molecule has 1 fully saturated rings. The van der Waals surface area contributed by atoms with Gasteiger partial charge in [-0.2, -0.15) is 0 Å². The Morgan fingerprint density at radius 2 is 1.92 bits per heavy atom. The van der Waals surface area contributed by atoms with Crippen molar-refractivity contribution in [3.63, 3.8) is 0 Å². The van der Waals surface area contributed by atoms with Crippen LogP contribution in [-0.4, -0.2) is 53.2 Å². The number of rotatable bonds is 5. The molecule has 2 heterocycles. The minimum absolute atomic E-state index is 0.177. The Morgan fingerprint density at radius 1 is 1.20 bits per heavy atom. The van der Waals surface area contributed by atoms with Crippen LogP contribution in [0.4, 0.5) is 0 Å². The zero-order valence-electron chi connectivity index (χ0n) is 14.3. The number of nitrogens with one attached hydrogen (secondary N) is 2. The standard InChI is InChI=1S/C19H25N3O3/c23-14(13-22-9-5-1-2-6-10-22)12-20-19(25)16-11-18(24)21-17-8-4-3-7-15(16)17/h3-4,7-8,11,14,23H,1-2,5-6,9-10,12-13H2,(H,20,25)(H,21,24)/t14-/m0/s1. The third kappa shape index (κ3) is 4.67. The van der Waals surface area contributed by atoms with Gasteiger partial charge in [-0.1, -0.05) is 31.0 Å². The van der Waals surface area contributed by atoms with Crippen LogP contribution in [0.1, 0.15) is 36.0 Å². The fraction of sp³-hybridized carbons (Fsp3) is 0.474. The highest BCUT2D eigenvalue weighted by Gasteiger charge is 2.16. The number of amides is 1. The summed E-state index contributed by atoms with van der Waals surface area (Å²) >= 11 is 0. The predicted octanol–water partition coefficient (Wildman–Crippen LogP) is 1.49. The Bertz CT molecular complexity index is 779. The molecular weight excluding hydrogens is 318 g/mol. The number of nitrogens with zero attached hydrogens (tertiary/aromatic N) is 1. The van der Waals surface area contributed by atoms with Crippen molar-refractivity contribution < 1.29 is 9.90 Å². The van der Waals surface area contributed by atoms with E-state index in [2.05, 4.69) is 15.2 Å². The third-order valence-electron chi connectivity index (χ3n) is 4.66. The van der Waals surface area contributed by atoms with Crippen molar-refractivity contribution in [3.05, 3.63) is 46.2 Å². The van der Waals surface area contributed by atoms with Gasteiger partial charge in [0.1, 0.15) is 0 Å². The number of hydrogen-bond acceptors (Lipinski definition) is 4. The average Bonchev–Trinajstić information content (AvgIpc) is 2.87. The minimum Gasteiger partial charge on any atom is -0.390 e. The minimum atomic E-state index is -0.615. The molecule has 1 atom stereocenters.